The molecular weight excluding hydrogens is 298 g/mol. The molecule has 5 nitrogen and oxygen atoms in total. The van der Waals surface area contributed by atoms with Crippen molar-refractivity contribution in [3.05, 3.63) is 32.8 Å². The quantitative estimate of drug-likeness (QED) is 0.669. The highest BCUT2D eigenvalue weighted by molar-refractivity contribution is 9.10. The number of halogens is 1. The van der Waals surface area contributed by atoms with Gasteiger partial charge in [0.1, 0.15) is 5.69 Å². The van der Waals surface area contributed by atoms with Crippen LogP contribution in [-0.4, -0.2) is 24.6 Å². The van der Waals surface area contributed by atoms with E-state index in [1.165, 1.54) is 6.07 Å². The fraction of sp³-hybridized carbons (Fsp3) is 0.500. The summed E-state index contributed by atoms with van der Waals surface area (Å²) in [4.78, 5) is 12.7. The maximum atomic E-state index is 11.1. The van der Waals surface area contributed by atoms with E-state index in [0.717, 1.165) is 12.8 Å². The number of likely N-dealkylation sites (N-methyl/N-ethyl adjacent to an activating group) is 1. The van der Waals surface area contributed by atoms with Gasteiger partial charge in [-0.2, -0.15) is 0 Å². The first-order valence-electron chi connectivity index (χ1n) is 5.91. The molecule has 6 heteroatoms. The van der Waals surface area contributed by atoms with Crippen LogP contribution in [0.2, 0.25) is 0 Å². The van der Waals surface area contributed by atoms with E-state index < -0.39 is 0 Å². The van der Waals surface area contributed by atoms with Crippen LogP contribution >= 0.6 is 15.9 Å². The van der Waals surface area contributed by atoms with E-state index in [4.69, 9.17) is 5.73 Å². The van der Waals surface area contributed by atoms with Gasteiger partial charge in [-0.25, -0.2) is 0 Å². The Balaban J connectivity index is 2.33. The standard InChI is InChI=1S/C12H16BrN3O2/c1-15(12(7-14)8-2-3-8)10-5-4-9(13)6-11(10)16(17)18/h4-6,8,12H,2-3,7,14H2,1H3. The monoisotopic (exact) mass is 313 g/mol. The third-order valence-electron chi connectivity index (χ3n) is 3.42. The van der Waals surface area contributed by atoms with Crippen molar-refractivity contribution in [2.24, 2.45) is 11.7 Å². The summed E-state index contributed by atoms with van der Waals surface area (Å²) in [6.45, 7) is 0.522. The van der Waals surface area contributed by atoms with Gasteiger partial charge in [0.25, 0.3) is 5.69 Å². The van der Waals surface area contributed by atoms with Crippen molar-refractivity contribution in [1.82, 2.24) is 0 Å². The fourth-order valence-electron chi connectivity index (χ4n) is 2.27. The van der Waals surface area contributed by atoms with Crippen LogP contribution in [-0.2, 0) is 0 Å². The molecule has 0 aliphatic heterocycles. The number of nitro groups is 1. The minimum absolute atomic E-state index is 0.117. The van der Waals surface area contributed by atoms with E-state index in [2.05, 4.69) is 15.9 Å². The fourth-order valence-corrected chi connectivity index (χ4v) is 2.62. The molecule has 1 atom stereocenters. The second-order valence-corrected chi connectivity index (χ2v) is 5.56. The summed E-state index contributed by atoms with van der Waals surface area (Å²) < 4.78 is 0.710. The maximum Gasteiger partial charge on any atom is 0.293 e. The summed E-state index contributed by atoms with van der Waals surface area (Å²) >= 11 is 3.26. The lowest BCUT2D eigenvalue weighted by molar-refractivity contribution is -0.384. The smallest absolute Gasteiger partial charge is 0.293 e. The molecule has 0 bridgehead atoms. The van der Waals surface area contributed by atoms with Gasteiger partial charge in [-0.15, -0.1) is 0 Å². The van der Waals surface area contributed by atoms with Crippen LogP contribution in [0.1, 0.15) is 12.8 Å². The number of nitro benzene ring substituents is 1. The summed E-state index contributed by atoms with van der Waals surface area (Å²) in [5, 5.41) is 11.1. The topological polar surface area (TPSA) is 72.4 Å². The first-order valence-corrected chi connectivity index (χ1v) is 6.70. The Bertz CT molecular complexity index is 463. The van der Waals surface area contributed by atoms with E-state index in [0.29, 0.717) is 22.6 Å². The van der Waals surface area contributed by atoms with E-state index >= 15 is 0 Å². The van der Waals surface area contributed by atoms with E-state index in [1.807, 2.05) is 18.0 Å². The number of anilines is 1. The Morgan fingerprint density at radius 1 is 1.61 bits per heavy atom. The van der Waals surface area contributed by atoms with E-state index in [1.54, 1.807) is 6.07 Å². The van der Waals surface area contributed by atoms with Crippen molar-refractivity contribution in [3.8, 4) is 0 Å². The van der Waals surface area contributed by atoms with Gasteiger partial charge in [0, 0.05) is 30.2 Å². The number of rotatable bonds is 5. The molecule has 0 heterocycles. The SMILES string of the molecule is CN(c1ccc(Br)cc1[N+](=O)[O-])C(CN)C1CC1. The van der Waals surface area contributed by atoms with Crippen LogP contribution in [0, 0.1) is 16.0 Å². The Hall–Kier alpha value is -1.14. The van der Waals surface area contributed by atoms with E-state index in [-0.39, 0.29) is 16.7 Å². The Kier molecular flexibility index (Phi) is 3.87. The molecule has 1 unspecified atom stereocenters. The summed E-state index contributed by atoms with van der Waals surface area (Å²) in [5.41, 5.74) is 6.53. The molecule has 0 spiro atoms. The zero-order chi connectivity index (χ0) is 13.3. The average Bonchev–Trinajstić information content (AvgIpc) is 3.14. The Labute approximate surface area is 114 Å². The summed E-state index contributed by atoms with van der Waals surface area (Å²) in [6, 6.07) is 5.31. The van der Waals surface area contributed by atoms with Crippen molar-refractivity contribution >= 4 is 27.3 Å². The van der Waals surface area contributed by atoms with Crippen LogP contribution in [0.4, 0.5) is 11.4 Å². The van der Waals surface area contributed by atoms with Gasteiger partial charge in [-0.05, 0) is 30.9 Å². The van der Waals surface area contributed by atoms with Gasteiger partial charge in [0.15, 0.2) is 0 Å². The molecule has 1 aliphatic carbocycles. The zero-order valence-corrected chi connectivity index (χ0v) is 11.8. The van der Waals surface area contributed by atoms with Gasteiger partial charge in [-0.1, -0.05) is 15.9 Å². The van der Waals surface area contributed by atoms with Crippen molar-refractivity contribution < 1.29 is 4.92 Å². The summed E-state index contributed by atoms with van der Waals surface area (Å²) in [7, 11) is 1.88. The van der Waals surface area contributed by atoms with E-state index in [9.17, 15) is 10.1 Å². The molecule has 98 valence electrons. The van der Waals surface area contributed by atoms with Crippen molar-refractivity contribution in [2.75, 3.05) is 18.5 Å². The number of benzene rings is 1. The van der Waals surface area contributed by atoms with Crippen molar-refractivity contribution in [2.45, 2.75) is 18.9 Å². The van der Waals surface area contributed by atoms with Gasteiger partial charge >= 0.3 is 0 Å². The Morgan fingerprint density at radius 3 is 2.78 bits per heavy atom. The lowest BCUT2D eigenvalue weighted by atomic mass is 10.1. The largest absolute Gasteiger partial charge is 0.365 e. The summed E-state index contributed by atoms with van der Waals surface area (Å²) in [6.07, 6.45) is 2.33. The second-order valence-electron chi connectivity index (χ2n) is 4.64. The van der Waals surface area contributed by atoms with Crippen LogP contribution in [0.15, 0.2) is 22.7 Å². The minimum atomic E-state index is -0.350. The minimum Gasteiger partial charge on any atom is -0.365 e. The van der Waals surface area contributed by atoms with Gasteiger partial charge in [0.05, 0.1) is 4.92 Å². The number of nitrogens with two attached hydrogens (primary N) is 1. The molecule has 0 saturated heterocycles. The number of hydrogen-bond donors (Lipinski definition) is 1. The lowest BCUT2D eigenvalue weighted by Crippen LogP contribution is -2.40. The molecule has 18 heavy (non-hydrogen) atoms. The molecule has 1 aliphatic rings. The zero-order valence-electron chi connectivity index (χ0n) is 10.2. The normalized spacial score (nSPS) is 16.4. The molecule has 0 amide bonds. The summed E-state index contributed by atoms with van der Waals surface area (Å²) in [5.74, 6) is 0.572. The molecule has 1 fully saturated rings. The first-order chi connectivity index (χ1) is 8.54. The molecule has 0 radical (unpaired) electrons. The predicted octanol–water partition coefficient (Wildman–Crippen LogP) is 2.53. The maximum absolute atomic E-state index is 11.1. The highest BCUT2D eigenvalue weighted by Gasteiger charge is 2.34. The molecular formula is C12H16BrN3O2. The van der Waals surface area contributed by atoms with Crippen LogP contribution in [0.25, 0.3) is 0 Å². The van der Waals surface area contributed by atoms with Crippen LogP contribution in [0.3, 0.4) is 0 Å². The number of nitrogens with zero attached hydrogens (tertiary/aromatic N) is 2. The van der Waals surface area contributed by atoms with Crippen LogP contribution < -0.4 is 10.6 Å². The second kappa shape index (κ2) is 5.24. The molecule has 1 saturated carbocycles. The van der Waals surface area contributed by atoms with Gasteiger partial charge < -0.3 is 10.6 Å². The third-order valence-corrected chi connectivity index (χ3v) is 3.91. The van der Waals surface area contributed by atoms with Crippen molar-refractivity contribution in [1.29, 1.82) is 0 Å². The van der Waals surface area contributed by atoms with Crippen LogP contribution in [0.5, 0.6) is 0 Å². The number of hydrogen-bond acceptors (Lipinski definition) is 4. The third kappa shape index (κ3) is 2.64. The van der Waals surface area contributed by atoms with Crippen molar-refractivity contribution in [3.63, 3.8) is 0 Å². The van der Waals surface area contributed by atoms with Gasteiger partial charge in [0.2, 0.25) is 0 Å². The highest BCUT2D eigenvalue weighted by Crippen LogP contribution is 2.39. The molecule has 2 N–H and O–H groups in total. The lowest BCUT2D eigenvalue weighted by Gasteiger charge is -2.28. The molecule has 1 aromatic carbocycles. The Morgan fingerprint density at radius 2 is 2.28 bits per heavy atom. The van der Waals surface area contributed by atoms with Gasteiger partial charge in [-0.3, -0.25) is 10.1 Å². The average molecular weight is 314 g/mol. The predicted molar refractivity (Wildman–Crippen MR) is 74.8 cm³/mol. The molecule has 1 aromatic rings. The first kappa shape index (κ1) is 13.3. The molecule has 2 rings (SSSR count). The molecule has 0 aromatic heterocycles. The highest BCUT2D eigenvalue weighted by atomic mass is 79.9.